The summed E-state index contributed by atoms with van der Waals surface area (Å²) in [5.74, 6) is -1.30. The van der Waals surface area contributed by atoms with Crippen LogP contribution < -0.4 is 25.4 Å². The Morgan fingerprint density at radius 3 is 2.56 bits per heavy atom. The Kier molecular flexibility index (Phi) is 13.1. The Balaban J connectivity index is 0.816. The first-order chi connectivity index (χ1) is 30.5. The number of carbonyl (C=O) groups excluding carboxylic acids is 5. The summed E-state index contributed by atoms with van der Waals surface area (Å²) in [5, 5.41) is 13.4. The number of unbranched alkanes of at least 4 members (excludes halogenated alkanes) is 4. The average Bonchev–Trinajstić information content (AvgIpc) is 4.02. The minimum absolute atomic E-state index is 0.0419. The molecule has 2 aromatic carbocycles. The first-order valence-electron chi connectivity index (χ1n) is 21.8. The number of aromatic nitrogens is 6. The number of imide groups is 2. The highest BCUT2D eigenvalue weighted by Crippen LogP contribution is 2.34. The van der Waals surface area contributed by atoms with Crippen molar-refractivity contribution < 1.29 is 33.4 Å². The van der Waals surface area contributed by atoms with Gasteiger partial charge in [0.05, 0.1) is 35.9 Å². The van der Waals surface area contributed by atoms with Gasteiger partial charge in [-0.1, -0.05) is 45.2 Å². The molecule has 3 N–H and O–H groups in total. The van der Waals surface area contributed by atoms with Crippen LogP contribution in [0.3, 0.4) is 0 Å². The molecule has 8 rings (SSSR count). The molecule has 2 fully saturated rings. The molecule has 5 amide bonds. The second-order valence-corrected chi connectivity index (χ2v) is 16.6. The van der Waals surface area contributed by atoms with Gasteiger partial charge >= 0.3 is 6.01 Å². The number of fused-ring (bicyclic) bond motifs is 2. The molecule has 5 aromatic rings. The molecule has 1 unspecified atom stereocenters. The van der Waals surface area contributed by atoms with Crippen LogP contribution in [-0.2, 0) is 20.9 Å². The van der Waals surface area contributed by atoms with Crippen LogP contribution in [0.5, 0.6) is 11.8 Å². The molecule has 3 aliphatic heterocycles. The third-order valence-electron chi connectivity index (χ3n) is 11.8. The first-order valence-corrected chi connectivity index (χ1v) is 21.8. The van der Waals surface area contributed by atoms with Gasteiger partial charge in [0.15, 0.2) is 5.65 Å². The molecule has 6 heterocycles. The lowest BCUT2D eigenvalue weighted by molar-refractivity contribution is -0.136. The number of hydrogen-bond donors (Lipinski definition) is 3. The number of carbonyl (C=O) groups is 5. The largest absolute Gasteiger partial charge is 0.493 e. The van der Waals surface area contributed by atoms with Crippen LogP contribution in [0, 0.1) is 0 Å². The zero-order valence-electron chi connectivity index (χ0n) is 35.8. The summed E-state index contributed by atoms with van der Waals surface area (Å²) in [6, 6.07) is 9.92. The third-order valence-corrected chi connectivity index (χ3v) is 11.8. The van der Waals surface area contributed by atoms with Crippen LogP contribution in [-0.4, -0.2) is 107 Å². The molecule has 3 aliphatic rings. The lowest BCUT2D eigenvalue weighted by atomic mass is 10.0. The second kappa shape index (κ2) is 19.1. The van der Waals surface area contributed by atoms with Crippen LogP contribution in [0.15, 0.2) is 61.3 Å². The van der Waals surface area contributed by atoms with Crippen LogP contribution in [0.4, 0.5) is 11.6 Å². The highest BCUT2D eigenvalue weighted by molar-refractivity contribution is 6.24. The van der Waals surface area contributed by atoms with E-state index in [1.807, 2.05) is 35.2 Å². The summed E-state index contributed by atoms with van der Waals surface area (Å²) in [5.41, 5.74) is 4.50. The predicted molar refractivity (Wildman–Crippen MR) is 232 cm³/mol. The zero-order chi connectivity index (χ0) is 44.0. The van der Waals surface area contributed by atoms with Crippen molar-refractivity contribution in [1.29, 1.82) is 0 Å². The highest BCUT2D eigenvalue weighted by atomic mass is 16.5. The van der Waals surface area contributed by atoms with E-state index in [2.05, 4.69) is 51.8 Å². The Labute approximate surface area is 364 Å². The maximum Gasteiger partial charge on any atom is 0.322 e. The molecule has 1 atom stereocenters. The molecule has 0 spiro atoms. The van der Waals surface area contributed by atoms with Gasteiger partial charge in [0.25, 0.3) is 11.8 Å². The second-order valence-electron chi connectivity index (χ2n) is 16.6. The number of benzene rings is 2. The van der Waals surface area contributed by atoms with Gasteiger partial charge in [0.2, 0.25) is 23.7 Å². The summed E-state index contributed by atoms with van der Waals surface area (Å²) in [4.78, 5) is 80.6. The quantitative estimate of drug-likeness (QED) is 0.0759. The van der Waals surface area contributed by atoms with E-state index in [9.17, 15) is 24.0 Å². The summed E-state index contributed by atoms with van der Waals surface area (Å²) in [7, 11) is 2.12. The molecule has 3 aromatic heterocycles. The Morgan fingerprint density at radius 1 is 0.968 bits per heavy atom. The number of hydrogen-bond acceptors (Lipinski definition) is 13. The number of rotatable bonds is 18. The lowest BCUT2D eigenvalue weighted by Crippen LogP contribution is -2.54. The average molecular weight is 860 g/mol. The van der Waals surface area contributed by atoms with Crippen molar-refractivity contribution in [3.8, 4) is 17.4 Å². The van der Waals surface area contributed by atoms with E-state index in [4.69, 9.17) is 19.4 Å². The fourth-order valence-electron chi connectivity index (χ4n) is 8.24. The molecule has 0 radical (unpaired) electrons. The Hall–Kier alpha value is -6.69. The van der Waals surface area contributed by atoms with Gasteiger partial charge in [-0.05, 0) is 74.9 Å². The maximum absolute atomic E-state index is 13.3. The fraction of sp³-hybridized carbons (Fsp3) is 0.444. The zero-order valence-corrected chi connectivity index (χ0v) is 35.8. The van der Waals surface area contributed by atoms with Gasteiger partial charge in [0.1, 0.15) is 17.9 Å². The van der Waals surface area contributed by atoms with Crippen molar-refractivity contribution in [2.45, 2.75) is 103 Å². The van der Waals surface area contributed by atoms with E-state index in [1.165, 1.54) is 0 Å². The predicted octanol–water partition coefficient (Wildman–Crippen LogP) is 5.28. The molecular weight excluding hydrogens is 807 g/mol. The van der Waals surface area contributed by atoms with Gasteiger partial charge in [-0.25, -0.2) is 4.98 Å². The van der Waals surface area contributed by atoms with Crippen molar-refractivity contribution in [3.05, 3.63) is 83.6 Å². The van der Waals surface area contributed by atoms with Crippen LogP contribution in [0.2, 0.25) is 0 Å². The van der Waals surface area contributed by atoms with Crippen molar-refractivity contribution in [1.82, 2.24) is 44.2 Å². The summed E-state index contributed by atoms with van der Waals surface area (Å²) in [6.07, 6.45) is 13.5. The van der Waals surface area contributed by atoms with Crippen LogP contribution in [0.25, 0.3) is 11.3 Å². The molecule has 0 aliphatic carbocycles. The minimum Gasteiger partial charge on any atom is -0.493 e. The molecule has 0 bridgehead atoms. The normalized spacial score (nSPS) is 17.1. The number of likely N-dealkylation sites (tertiary alicyclic amines) is 1. The molecule has 330 valence electrons. The molecule has 2 saturated heterocycles. The van der Waals surface area contributed by atoms with Crippen LogP contribution in [0.1, 0.15) is 116 Å². The van der Waals surface area contributed by atoms with Gasteiger partial charge in [-0.3, -0.25) is 34.2 Å². The summed E-state index contributed by atoms with van der Waals surface area (Å²) in [6.45, 7) is 6.88. The van der Waals surface area contributed by atoms with Crippen molar-refractivity contribution >= 4 is 46.8 Å². The monoisotopic (exact) mass is 859 g/mol. The maximum atomic E-state index is 13.3. The van der Waals surface area contributed by atoms with Gasteiger partial charge in [0, 0.05) is 56.1 Å². The van der Waals surface area contributed by atoms with Gasteiger partial charge in [-0.2, -0.15) is 19.6 Å². The molecule has 18 nitrogen and oxygen atoms in total. The Morgan fingerprint density at radius 2 is 1.78 bits per heavy atom. The molecule has 63 heavy (non-hydrogen) atoms. The van der Waals surface area contributed by atoms with E-state index in [1.54, 1.807) is 35.2 Å². The van der Waals surface area contributed by atoms with Gasteiger partial charge < -0.3 is 29.6 Å². The third kappa shape index (κ3) is 9.70. The van der Waals surface area contributed by atoms with Crippen molar-refractivity contribution in [2.75, 3.05) is 37.4 Å². The molecular formula is C45H53N11O7. The van der Waals surface area contributed by atoms with E-state index in [-0.39, 0.29) is 41.9 Å². The number of amides is 5. The van der Waals surface area contributed by atoms with Crippen LogP contribution >= 0.6 is 0 Å². The summed E-state index contributed by atoms with van der Waals surface area (Å²) < 4.78 is 15.9. The number of anilines is 2. The summed E-state index contributed by atoms with van der Waals surface area (Å²) >= 11 is 0. The van der Waals surface area contributed by atoms with E-state index >= 15 is 0 Å². The number of ether oxygens (including phenoxy) is 2. The van der Waals surface area contributed by atoms with E-state index in [0.29, 0.717) is 61.5 Å². The standard InChI is InChI=1S/C45H53N11O7/c1-28(2)33-26-48-56-40(33)51-45(63-31-17-20-53(3)21-18-31)52-44(56)47-25-29-13-14-30(24-35(29)54-22-19-46-27-54)49-37(57)12-7-5-4-6-8-23-62-36-11-9-10-32-39(36)43(61)55(42(32)60)34-15-16-38(58)50-41(34)59/h9-11,13-14,19,22,24,26-28,31,34H,4-8,12,15-18,20-21,23,25H2,1-3H3,(H,49,57)(H,47,51,52)(H,50,58,59). The fourth-order valence-corrected chi connectivity index (χ4v) is 8.24. The first kappa shape index (κ1) is 43.0. The SMILES string of the molecule is CC(C)c1cnn2c(NCc3ccc(NC(=O)CCCCCCCOc4cccc5c4C(=O)N(C4CCC(=O)NC4=O)C5=O)cc3-n3ccnc3)nc(OC3CCN(C)CC3)nc12. The smallest absolute Gasteiger partial charge is 0.322 e. The topological polar surface area (TPSA) is 207 Å². The number of imidazole rings is 1. The Bertz CT molecular complexity index is 2490. The minimum atomic E-state index is -1.03. The number of nitrogens with zero attached hydrogens (tertiary/aromatic N) is 8. The molecule has 18 heteroatoms. The van der Waals surface area contributed by atoms with E-state index < -0.39 is 29.7 Å². The molecule has 0 saturated carbocycles. The van der Waals surface area contributed by atoms with Crippen molar-refractivity contribution in [3.63, 3.8) is 0 Å². The highest BCUT2D eigenvalue weighted by Gasteiger charge is 2.46. The lowest BCUT2D eigenvalue weighted by Gasteiger charge is -2.28. The number of nitrogens with one attached hydrogen (secondary N) is 3. The number of piperidine rings is 2. The van der Waals surface area contributed by atoms with Gasteiger partial charge in [-0.15, -0.1) is 0 Å². The van der Waals surface area contributed by atoms with E-state index in [0.717, 1.165) is 66.9 Å². The van der Waals surface area contributed by atoms with Crippen molar-refractivity contribution in [2.24, 2.45) is 0 Å².